The molecule has 1 N–H and O–H groups in total. The molecular formula is C18H15NO3S2. The molecule has 4 rings (SSSR count). The number of amides is 1. The third-order valence-electron chi connectivity index (χ3n) is 4.12. The van der Waals surface area contributed by atoms with Crippen LogP contribution in [0.4, 0.5) is 5.00 Å². The molecule has 3 heterocycles. The average Bonchev–Trinajstić information content (AvgIpc) is 3.33. The van der Waals surface area contributed by atoms with Crippen molar-refractivity contribution in [1.29, 1.82) is 0 Å². The van der Waals surface area contributed by atoms with Crippen molar-refractivity contribution in [2.24, 2.45) is 0 Å². The highest BCUT2D eigenvalue weighted by Crippen LogP contribution is 2.40. The first-order chi connectivity index (χ1) is 11.7. The summed E-state index contributed by atoms with van der Waals surface area (Å²) in [6.45, 7) is 0. The lowest BCUT2D eigenvalue weighted by Gasteiger charge is -2.12. The summed E-state index contributed by atoms with van der Waals surface area (Å²) in [5.74, 6) is -0.0751. The van der Waals surface area contributed by atoms with Crippen LogP contribution in [-0.4, -0.2) is 11.7 Å². The quantitative estimate of drug-likeness (QED) is 0.685. The van der Waals surface area contributed by atoms with E-state index < -0.39 is 0 Å². The normalized spacial score (nSPS) is 13.5. The molecule has 6 heteroatoms. The zero-order chi connectivity index (χ0) is 16.5. The lowest BCUT2D eigenvalue weighted by molar-refractivity contribution is 0.0997. The minimum Gasteiger partial charge on any atom is -0.459 e. The van der Waals surface area contributed by atoms with E-state index in [9.17, 15) is 9.59 Å². The number of anilines is 1. The van der Waals surface area contributed by atoms with Gasteiger partial charge in [0.15, 0.2) is 5.76 Å². The highest BCUT2D eigenvalue weighted by Gasteiger charge is 2.27. The van der Waals surface area contributed by atoms with Gasteiger partial charge in [-0.15, -0.1) is 22.7 Å². The number of rotatable bonds is 4. The SMILES string of the molecule is O=C(Nc1sc2c(c1C(=O)c1cccs1)CCCC2)c1ccco1. The number of carbonyl (C=O) groups is 2. The van der Waals surface area contributed by atoms with Crippen LogP contribution in [0.2, 0.25) is 0 Å². The zero-order valence-corrected chi connectivity index (χ0v) is 14.5. The Morgan fingerprint density at radius 1 is 1.12 bits per heavy atom. The van der Waals surface area contributed by atoms with Gasteiger partial charge in [0.2, 0.25) is 5.78 Å². The molecule has 0 bridgehead atoms. The summed E-state index contributed by atoms with van der Waals surface area (Å²) in [6.07, 6.45) is 5.55. The van der Waals surface area contributed by atoms with E-state index in [4.69, 9.17) is 4.42 Å². The number of fused-ring (bicyclic) bond motifs is 1. The Hall–Kier alpha value is -2.18. The maximum absolute atomic E-state index is 13.0. The van der Waals surface area contributed by atoms with Crippen molar-refractivity contribution < 1.29 is 14.0 Å². The second-order valence-electron chi connectivity index (χ2n) is 5.65. The van der Waals surface area contributed by atoms with Gasteiger partial charge >= 0.3 is 0 Å². The van der Waals surface area contributed by atoms with E-state index in [-0.39, 0.29) is 17.5 Å². The van der Waals surface area contributed by atoms with Crippen molar-refractivity contribution in [2.75, 3.05) is 5.32 Å². The van der Waals surface area contributed by atoms with E-state index in [0.717, 1.165) is 31.2 Å². The molecule has 0 radical (unpaired) electrons. The zero-order valence-electron chi connectivity index (χ0n) is 12.8. The highest BCUT2D eigenvalue weighted by atomic mass is 32.1. The van der Waals surface area contributed by atoms with Gasteiger partial charge < -0.3 is 9.73 Å². The first-order valence-electron chi connectivity index (χ1n) is 7.81. The van der Waals surface area contributed by atoms with Gasteiger partial charge in [-0.1, -0.05) is 6.07 Å². The molecule has 0 fully saturated rings. The summed E-state index contributed by atoms with van der Waals surface area (Å²) in [6, 6.07) is 6.99. The summed E-state index contributed by atoms with van der Waals surface area (Å²) >= 11 is 2.95. The van der Waals surface area contributed by atoms with Gasteiger partial charge in [0.25, 0.3) is 5.91 Å². The van der Waals surface area contributed by atoms with Crippen molar-refractivity contribution in [3.05, 3.63) is 62.6 Å². The second kappa shape index (κ2) is 6.37. The standard InChI is InChI=1S/C18H15NO3S2/c20-16(14-8-4-10-23-14)15-11-5-1-2-7-13(11)24-18(15)19-17(21)12-6-3-9-22-12/h3-4,6,8-10H,1-2,5,7H2,(H,19,21). The summed E-state index contributed by atoms with van der Waals surface area (Å²) in [4.78, 5) is 27.2. The molecule has 4 nitrogen and oxygen atoms in total. The second-order valence-corrected chi connectivity index (χ2v) is 7.71. The number of hydrogen-bond acceptors (Lipinski definition) is 5. The average molecular weight is 357 g/mol. The number of hydrogen-bond donors (Lipinski definition) is 1. The van der Waals surface area contributed by atoms with Crippen LogP contribution in [0.15, 0.2) is 40.3 Å². The monoisotopic (exact) mass is 357 g/mol. The predicted molar refractivity (Wildman–Crippen MR) is 95.4 cm³/mol. The smallest absolute Gasteiger partial charge is 0.291 e. The predicted octanol–water partition coefficient (Wildman–Crippen LogP) is 4.76. The number of ketones is 1. The fourth-order valence-electron chi connectivity index (χ4n) is 3.00. The largest absolute Gasteiger partial charge is 0.459 e. The lowest BCUT2D eigenvalue weighted by Crippen LogP contribution is -2.14. The van der Waals surface area contributed by atoms with Gasteiger partial charge in [0, 0.05) is 4.88 Å². The molecule has 0 spiro atoms. The van der Waals surface area contributed by atoms with Gasteiger partial charge in [-0.05, 0) is 54.8 Å². The van der Waals surface area contributed by atoms with Crippen molar-refractivity contribution in [3.63, 3.8) is 0 Å². The van der Waals surface area contributed by atoms with Crippen LogP contribution < -0.4 is 5.32 Å². The Balaban J connectivity index is 1.74. The molecule has 1 aliphatic carbocycles. The number of aryl methyl sites for hydroxylation is 1. The molecule has 24 heavy (non-hydrogen) atoms. The maximum atomic E-state index is 13.0. The van der Waals surface area contributed by atoms with Crippen molar-refractivity contribution >= 4 is 39.4 Å². The third kappa shape index (κ3) is 2.72. The number of carbonyl (C=O) groups excluding carboxylic acids is 2. The molecule has 3 aromatic heterocycles. The first kappa shape index (κ1) is 15.4. The van der Waals surface area contributed by atoms with Gasteiger partial charge in [0.1, 0.15) is 5.00 Å². The Bertz CT molecular complexity index is 876. The molecule has 0 unspecified atom stereocenters. The minimum absolute atomic E-state index is 0.000792. The molecule has 0 saturated carbocycles. The van der Waals surface area contributed by atoms with E-state index in [1.54, 1.807) is 12.1 Å². The summed E-state index contributed by atoms with van der Waals surface area (Å²) in [5.41, 5.74) is 1.77. The molecule has 122 valence electrons. The van der Waals surface area contributed by atoms with Crippen LogP contribution in [0.25, 0.3) is 0 Å². The molecule has 0 aliphatic heterocycles. The van der Waals surface area contributed by atoms with Gasteiger partial charge in [-0.3, -0.25) is 9.59 Å². The van der Waals surface area contributed by atoms with E-state index in [2.05, 4.69) is 5.32 Å². The Labute approximate surface area is 147 Å². The van der Waals surface area contributed by atoms with Crippen LogP contribution in [0, 0.1) is 0 Å². The summed E-state index contributed by atoms with van der Waals surface area (Å²) in [5, 5.41) is 5.42. The Kier molecular flexibility index (Phi) is 4.08. The van der Waals surface area contributed by atoms with Crippen LogP contribution in [0.3, 0.4) is 0 Å². The van der Waals surface area contributed by atoms with Crippen LogP contribution in [0.1, 0.15) is 49.1 Å². The number of furan rings is 1. The van der Waals surface area contributed by atoms with E-state index in [1.165, 1.54) is 33.8 Å². The fourth-order valence-corrected chi connectivity index (χ4v) is 4.95. The first-order valence-corrected chi connectivity index (χ1v) is 9.51. The molecular weight excluding hydrogens is 342 g/mol. The summed E-state index contributed by atoms with van der Waals surface area (Å²) in [7, 11) is 0. The maximum Gasteiger partial charge on any atom is 0.291 e. The van der Waals surface area contributed by atoms with E-state index in [0.29, 0.717) is 15.4 Å². The topological polar surface area (TPSA) is 59.3 Å². The van der Waals surface area contributed by atoms with Gasteiger partial charge in [-0.2, -0.15) is 0 Å². The highest BCUT2D eigenvalue weighted by molar-refractivity contribution is 7.17. The van der Waals surface area contributed by atoms with Gasteiger partial charge in [-0.25, -0.2) is 0 Å². The minimum atomic E-state index is -0.321. The molecule has 1 amide bonds. The lowest BCUT2D eigenvalue weighted by atomic mass is 9.93. The van der Waals surface area contributed by atoms with E-state index in [1.807, 2.05) is 17.5 Å². The van der Waals surface area contributed by atoms with Crippen LogP contribution in [-0.2, 0) is 12.8 Å². The third-order valence-corrected chi connectivity index (χ3v) is 6.19. The Morgan fingerprint density at radius 3 is 2.75 bits per heavy atom. The fraction of sp³-hybridized carbons (Fsp3) is 0.222. The van der Waals surface area contributed by atoms with Crippen molar-refractivity contribution in [1.82, 2.24) is 0 Å². The van der Waals surface area contributed by atoms with Crippen LogP contribution >= 0.6 is 22.7 Å². The van der Waals surface area contributed by atoms with Crippen LogP contribution in [0.5, 0.6) is 0 Å². The number of nitrogens with one attached hydrogen (secondary N) is 1. The molecule has 0 atom stereocenters. The van der Waals surface area contributed by atoms with Crippen molar-refractivity contribution in [3.8, 4) is 0 Å². The van der Waals surface area contributed by atoms with E-state index >= 15 is 0 Å². The number of thiophene rings is 2. The Morgan fingerprint density at radius 2 is 2.00 bits per heavy atom. The van der Waals surface area contributed by atoms with Crippen molar-refractivity contribution in [2.45, 2.75) is 25.7 Å². The molecule has 3 aromatic rings. The molecule has 0 saturated heterocycles. The molecule has 1 aliphatic rings. The molecule has 0 aromatic carbocycles. The summed E-state index contributed by atoms with van der Waals surface area (Å²) < 4.78 is 5.15. The van der Waals surface area contributed by atoms with Gasteiger partial charge in [0.05, 0.1) is 16.7 Å².